The van der Waals surface area contributed by atoms with Crippen LogP contribution in [0.3, 0.4) is 0 Å². The second kappa shape index (κ2) is 5.50. The molecule has 3 nitrogen and oxygen atoms in total. The van der Waals surface area contributed by atoms with E-state index in [1.165, 1.54) is 6.42 Å². The van der Waals surface area contributed by atoms with E-state index in [2.05, 4.69) is 11.9 Å². The molecule has 1 aliphatic heterocycles. The van der Waals surface area contributed by atoms with Gasteiger partial charge in [-0.25, -0.2) is 4.98 Å². The number of carbonyl (C=O) groups excluding carboxylic acids is 1. The molecule has 1 saturated heterocycles. The molecule has 1 atom stereocenters. The Morgan fingerprint density at radius 3 is 2.94 bits per heavy atom. The summed E-state index contributed by atoms with van der Waals surface area (Å²) in [6, 6.07) is 3.40. The van der Waals surface area contributed by atoms with Gasteiger partial charge in [-0.05, 0) is 37.3 Å². The second-order valence-corrected chi connectivity index (χ2v) is 5.09. The van der Waals surface area contributed by atoms with E-state index < -0.39 is 0 Å². The molecule has 0 radical (unpaired) electrons. The summed E-state index contributed by atoms with van der Waals surface area (Å²) in [5.74, 6) is 0.791. The number of halogens is 1. The Labute approximate surface area is 107 Å². The van der Waals surface area contributed by atoms with E-state index in [0.717, 1.165) is 31.8 Å². The largest absolute Gasteiger partial charge is 0.339 e. The van der Waals surface area contributed by atoms with Gasteiger partial charge in [0.05, 0.1) is 5.56 Å². The van der Waals surface area contributed by atoms with Crippen molar-refractivity contribution in [3.8, 4) is 0 Å². The van der Waals surface area contributed by atoms with Crippen molar-refractivity contribution >= 4 is 17.5 Å². The van der Waals surface area contributed by atoms with E-state index in [0.29, 0.717) is 10.7 Å². The van der Waals surface area contributed by atoms with Gasteiger partial charge in [-0.1, -0.05) is 18.5 Å². The maximum absolute atomic E-state index is 12.2. The zero-order valence-corrected chi connectivity index (χ0v) is 10.8. The number of hydrogen-bond donors (Lipinski definition) is 0. The number of amides is 1. The van der Waals surface area contributed by atoms with Crippen molar-refractivity contribution < 1.29 is 4.79 Å². The molecule has 2 rings (SSSR count). The predicted octanol–water partition coefficient (Wildman–Crippen LogP) is 3.00. The average Bonchev–Trinajstić information content (AvgIpc) is 2.54. The summed E-state index contributed by atoms with van der Waals surface area (Å²) in [5.41, 5.74) is 0.629. The first kappa shape index (κ1) is 12.4. The van der Waals surface area contributed by atoms with Crippen molar-refractivity contribution in [3.63, 3.8) is 0 Å². The molecule has 4 heteroatoms. The molecule has 92 valence electrons. The van der Waals surface area contributed by atoms with Crippen molar-refractivity contribution in [1.29, 1.82) is 0 Å². The molecule has 0 N–H and O–H groups in total. The monoisotopic (exact) mass is 252 g/mol. The van der Waals surface area contributed by atoms with Crippen LogP contribution in [0.5, 0.6) is 0 Å². The Balaban J connectivity index is 2.06. The summed E-state index contributed by atoms with van der Waals surface area (Å²) in [4.78, 5) is 18.1. The molecule has 1 aliphatic rings. The number of nitrogens with zero attached hydrogens (tertiary/aromatic N) is 2. The van der Waals surface area contributed by atoms with Crippen LogP contribution in [-0.2, 0) is 0 Å². The summed E-state index contributed by atoms with van der Waals surface area (Å²) in [6.45, 7) is 3.95. The van der Waals surface area contributed by atoms with Gasteiger partial charge in [-0.15, -0.1) is 0 Å². The van der Waals surface area contributed by atoms with Gasteiger partial charge in [0.25, 0.3) is 5.91 Å². The minimum absolute atomic E-state index is 0.0725. The van der Waals surface area contributed by atoms with E-state index in [1.54, 1.807) is 18.3 Å². The van der Waals surface area contributed by atoms with Crippen LogP contribution in [0, 0.1) is 5.92 Å². The Bertz CT molecular complexity index is 391. The van der Waals surface area contributed by atoms with Crippen molar-refractivity contribution in [2.24, 2.45) is 5.92 Å². The van der Waals surface area contributed by atoms with Crippen molar-refractivity contribution in [2.45, 2.75) is 26.2 Å². The van der Waals surface area contributed by atoms with Crippen molar-refractivity contribution in [2.75, 3.05) is 13.1 Å². The normalized spacial score (nSPS) is 21.1. The summed E-state index contributed by atoms with van der Waals surface area (Å²) in [6.07, 6.45) is 4.95. The fourth-order valence-electron chi connectivity index (χ4n) is 2.15. The molecule has 17 heavy (non-hydrogen) atoms. The predicted molar refractivity (Wildman–Crippen MR) is 68.2 cm³/mol. The maximum atomic E-state index is 12.2. The Morgan fingerprint density at radius 2 is 2.24 bits per heavy atom. The van der Waals surface area contributed by atoms with E-state index >= 15 is 0 Å². The highest BCUT2D eigenvalue weighted by molar-refractivity contribution is 6.29. The zero-order chi connectivity index (χ0) is 12.3. The van der Waals surface area contributed by atoms with Gasteiger partial charge in [0.1, 0.15) is 5.15 Å². The molecule has 0 saturated carbocycles. The molecule has 0 bridgehead atoms. The van der Waals surface area contributed by atoms with Gasteiger partial charge >= 0.3 is 0 Å². The van der Waals surface area contributed by atoms with Crippen LogP contribution < -0.4 is 0 Å². The Hall–Kier alpha value is -1.09. The highest BCUT2D eigenvalue weighted by atomic mass is 35.5. The van der Waals surface area contributed by atoms with Crippen LogP contribution in [0.4, 0.5) is 0 Å². The lowest BCUT2D eigenvalue weighted by Gasteiger charge is -2.20. The van der Waals surface area contributed by atoms with Gasteiger partial charge in [0.2, 0.25) is 0 Å². The van der Waals surface area contributed by atoms with Crippen LogP contribution in [-0.4, -0.2) is 28.9 Å². The molecule has 1 fully saturated rings. The molecular weight excluding hydrogens is 236 g/mol. The number of aromatic nitrogens is 1. The molecule has 1 amide bonds. The van der Waals surface area contributed by atoms with Gasteiger partial charge < -0.3 is 4.90 Å². The third-order valence-corrected chi connectivity index (χ3v) is 3.50. The lowest BCUT2D eigenvalue weighted by atomic mass is 10.0. The number of pyridine rings is 1. The molecule has 1 unspecified atom stereocenters. The number of hydrogen-bond acceptors (Lipinski definition) is 2. The van der Waals surface area contributed by atoms with Gasteiger partial charge in [0.15, 0.2) is 0 Å². The second-order valence-electron chi connectivity index (χ2n) is 4.70. The molecule has 2 heterocycles. The fraction of sp³-hybridized carbons (Fsp3) is 0.538. The molecule has 0 aliphatic carbocycles. The topological polar surface area (TPSA) is 33.2 Å². The summed E-state index contributed by atoms with van der Waals surface area (Å²) in [7, 11) is 0. The van der Waals surface area contributed by atoms with Crippen molar-refractivity contribution in [1.82, 2.24) is 9.88 Å². The number of rotatable bonds is 1. The first-order valence-corrected chi connectivity index (χ1v) is 6.45. The van der Waals surface area contributed by atoms with Crippen LogP contribution in [0.25, 0.3) is 0 Å². The van der Waals surface area contributed by atoms with E-state index in [4.69, 9.17) is 11.6 Å². The van der Waals surface area contributed by atoms with E-state index in [9.17, 15) is 4.79 Å². The Kier molecular flexibility index (Phi) is 4.00. The van der Waals surface area contributed by atoms with Crippen LogP contribution in [0.15, 0.2) is 18.3 Å². The fourth-order valence-corrected chi connectivity index (χ4v) is 2.26. The molecule has 0 aromatic carbocycles. The third-order valence-electron chi connectivity index (χ3n) is 3.28. The first-order chi connectivity index (χ1) is 8.16. The van der Waals surface area contributed by atoms with Gasteiger partial charge in [-0.2, -0.15) is 0 Å². The van der Waals surface area contributed by atoms with E-state index in [-0.39, 0.29) is 5.91 Å². The Morgan fingerprint density at radius 1 is 1.41 bits per heavy atom. The lowest BCUT2D eigenvalue weighted by molar-refractivity contribution is 0.0760. The quantitative estimate of drug-likeness (QED) is 0.720. The van der Waals surface area contributed by atoms with Crippen LogP contribution in [0.1, 0.15) is 36.5 Å². The summed E-state index contributed by atoms with van der Waals surface area (Å²) < 4.78 is 0. The zero-order valence-electron chi connectivity index (χ0n) is 10.0. The third kappa shape index (κ3) is 3.19. The smallest absolute Gasteiger partial charge is 0.255 e. The van der Waals surface area contributed by atoms with Crippen LogP contribution >= 0.6 is 11.6 Å². The molecular formula is C13H17ClN2O. The highest BCUT2D eigenvalue weighted by Gasteiger charge is 2.19. The summed E-state index contributed by atoms with van der Waals surface area (Å²) in [5, 5.41) is 0.422. The lowest BCUT2D eigenvalue weighted by Crippen LogP contribution is -2.32. The summed E-state index contributed by atoms with van der Waals surface area (Å²) >= 11 is 5.71. The standard InChI is InChI=1S/C13H17ClN2O/c1-10-3-2-7-16(8-6-10)13(17)11-4-5-12(14)15-9-11/h4-5,9-10H,2-3,6-8H2,1H3. The average molecular weight is 253 g/mol. The molecule has 0 spiro atoms. The van der Waals surface area contributed by atoms with Crippen LogP contribution in [0.2, 0.25) is 5.15 Å². The molecule has 1 aromatic heterocycles. The minimum Gasteiger partial charge on any atom is -0.339 e. The van der Waals surface area contributed by atoms with Gasteiger partial charge in [0, 0.05) is 19.3 Å². The number of carbonyl (C=O) groups is 1. The molecule has 1 aromatic rings. The minimum atomic E-state index is 0.0725. The maximum Gasteiger partial charge on any atom is 0.255 e. The number of likely N-dealkylation sites (tertiary alicyclic amines) is 1. The first-order valence-electron chi connectivity index (χ1n) is 6.07. The van der Waals surface area contributed by atoms with Gasteiger partial charge in [-0.3, -0.25) is 4.79 Å². The SMILES string of the molecule is CC1CCCN(C(=O)c2ccc(Cl)nc2)CC1. The van der Waals surface area contributed by atoms with E-state index in [1.807, 2.05) is 4.90 Å². The highest BCUT2D eigenvalue weighted by Crippen LogP contribution is 2.18. The van der Waals surface area contributed by atoms with Crippen molar-refractivity contribution in [3.05, 3.63) is 29.0 Å².